The van der Waals surface area contributed by atoms with Gasteiger partial charge in [0.1, 0.15) is 11.5 Å². The van der Waals surface area contributed by atoms with Crippen LogP contribution < -0.4 is 10.6 Å². The summed E-state index contributed by atoms with van der Waals surface area (Å²) in [5.74, 6) is 2.08. The number of furan rings is 1. The van der Waals surface area contributed by atoms with Crippen molar-refractivity contribution in [2.75, 3.05) is 13.1 Å². The van der Waals surface area contributed by atoms with E-state index in [1.807, 2.05) is 30.9 Å². The van der Waals surface area contributed by atoms with Gasteiger partial charge in [-0.25, -0.2) is 0 Å². The van der Waals surface area contributed by atoms with Gasteiger partial charge in [-0.1, -0.05) is 6.92 Å². The number of amides is 2. The van der Waals surface area contributed by atoms with Crippen LogP contribution in [0.1, 0.15) is 36.6 Å². The number of aromatic nitrogens is 2. The fraction of sp³-hybridized carbons (Fsp3) is 0.529. The largest absolute Gasteiger partial charge is 0.465 e. The summed E-state index contributed by atoms with van der Waals surface area (Å²) in [6, 6.07) is 3.23. The molecule has 0 saturated carbocycles. The van der Waals surface area contributed by atoms with Gasteiger partial charge in [0.25, 0.3) is 0 Å². The first-order valence-electron chi connectivity index (χ1n) is 8.70. The smallest absolute Gasteiger partial charge is 0.237 e. The molecule has 0 radical (unpaired) electrons. The third kappa shape index (κ3) is 4.48. The maximum Gasteiger partial charge on any atom is 0.237 e. The zero-order chi connectivity index (χ0) is 18.5. The summed E-state index contributed by atoms with van der Waals surface area (Å²) < 4.78 is 10.9. The molecule has 2 amide bonds. The van der Waals surface area contributed by atoms with E-state index in [0.29, 0.717) is 37.8 Å². The lowest BCUT2D eigenvalue weighted by Gasteiger charge is -2.34. The zero-order valence-electron chi connectivity index (χ0n) is 14.9. The third-order valence-electron chi connectivity index (χ3n) is 4.22. The molecular formula is C17H23N5O4. The van der Waals surface area contributed by atoms with E-state index >= 15 is 0 Å². The van der Waals surface area contributed by atoms with Crippen LogP contribution >= 0.6 is 0 Å². The van der Waals surface area contributed by atoms with Crippen LogP contribution in [0.4, 0.5) is 0 Å². The van der Waals surface area contributed by atoms with E-state index in [-0.39, 0.29) is 24.8 Å². The summed E-state index contributed by atoms with van der Waals surface area (Å²) in [4.78, 5) is 26.5. The molecule has 0 aliphatic carbocycles. The number of carbonyl (C=O) groups is 2. The molecular weight excluding hydrogens is 338 g/mol. The molecule has 3 heterocycles. The van der Waals surface area contributed by atoms with E-state index in [0.717, 1.165) is 11.5 Å². The fourth-order valence-corrected chi connectivity index (χ4v) is 2.87. The van der Waals surface area contributed by atoms with Crippen LogP contribution in [0.25, 0.3) is 0 Å². The standard InChI is InChI=1S/C17H23N5O4/c1-3-15-20-21-16(26-15)9-19-14(23)8-13-17(24)18-6-7-22(13)10-12-5-4-11(2)25-12/h4-5,13H,3,6-10H2,1-2H3,(H,18,24)(H,19,23)/t13-/m0/s1. The molecule has 0 spiro atoms. The van der Waals surface area contributed by atoms with Crippen molar-refractivity contribution in [1.29, 1.82) is 0 Å². The van der Waals surface area contributed by atoms with Crippen LogP contribution in [0.2, 0.25) is 0 Å². The highest BCUT2D eigenvalue weighted by Gasteiger charge is 2.32. The van der Waals surface area contributed by atoms with Gasteiger partial charge in [-0.05, 0) is 19.1 Å². The van der Waals surface area contributed by atoms with Crippen molar-refractivity contribution in [3.63, 3.8) is 0 Å². The minimum atomic E-state index is -0.539. The lowest BCUT2D eigenvalue weighted by Crippen LogP contribution is -2.56. The van der Waals surface area contributed by atoms with Gasteiger partial charge in [0.05, 0.1) is 25.6 Å². The number of nitrogens with zero attached hydrogens (tertiary/aromatic N) is 3. The van der Waals surface area contributed by atoms with E-state index in [1.165, 1.54) is 0 Å². The summed E-state index contributed by atoms with van der Waals surface area (Å²) in [5.41, 5.74) is 0. The molecule has 1 aliphatic heterocycles. The number of carbonyl (C=O) groups excluding carboxylic acids is 2. The lowest BCUT2D eigenvalue weighted by molar-refractivity contribution is -0.134. The minimum Gasteiger partial charge on any atom is -0.465 e. The Kier molecular flexibility index (Phi) is 5.67. The Balaban J connectivity index is 1.57. The van der Waals surface area contributed by atoms with Gasteiger partial charge in [-0.3, -0.25) is 14.5 Å². The molecule has 2 aromatic rings. The molecule has 0 unspecified atom stereocenters. The number of aryl methyl sites for hydroxylation is 2. The Labute approximate surface area is 151 Å². The second kappa shape index (κ2) is 8.13. The second-order valence-electron chi connectivity index (χ2n) is 6.21. The average Bonchev–Trinajstić information content (AvgIpc) is 3.25. The summed E-state index contributed by atoms with van der Waals surface area (Å²) in [6.45, 7) is 5.64. The molecule has 0 aromatic carbocycles. The van der Waals surface area contributed by atoms with Crippen molar-refractivity contribution in [2.45, 2.75) is 45.8 Å². The van der Waals surface area contributed by atoms with E-state index in [9.17, 15) is 9.59 Å². The van der Waals surface area contributed by atoms with Crippen LogP contribution in [-0.4, -0.2) is 46.0 Å². The number of rotatable bonds is 7. The third-order valence-corrected chi connectivity index (χ3v) is 4.22. The van der Waals surface area contributed by atoms with Gasteiger partial charge in [-0.15, -0.1) is 10.2 Å². The summed E-state index contributed by atoms with van der Waals surface area (Å²) in [5, 5.41) is 13.2. The predicted octanol–water partition coefficient (Wildman–Crippen LogP) is 0.540. The number of hydrogen-bond donors (Lipinski definition) is 2. The van der Waals surface area contributed by atoms with E-state index < -0.39 is 6.04 Å². The Bertz CT molecular complexity index is 769. The first-order chi connectivity index (χ1) is 12.5. The van der Waals surface area contributed by atoms with Gasteiger partial charge >= 0.3 is 0 Å². The van der Waals surface area contributed by atoms with Gasteiger partial charge in [0.15, 0.2) is 0 Å². The van der Waals surface area contributed by atoms with Gasteiger partial charge in [0.2, 0.25) is 23.6 Å². The van der Waals surface area contributed by atoms with Crippen molar-refractivity contribution in [2.24, 2.45) is 0 Å². The Morgan fingerprint density at radius 3 is 2.85 bits per heavy atom. The first-order valence-corrected chi connectivity index (χ1v) is 8.70. The molecule has 2 N–H and O–H groups in total. The fourth-order valence-electron chi connectivity index (χ4n) is 2.87. The molecule has 26 heavy (non-hydrogen) atoms. The number of piperazine rings is 1. The van der Waals surface area contributed by atoms with Crippen LogP contribution in [-0.2, 0) is 29.1 Å². The molecule has 0 bridgehead atoms. The predicted molar refractivity (Wildman–Crippen MR) is 90.8 cm³/mol. The summed E-state index contributed by atoms with van der Waals surface area (Å²) in [7, 11) is 0. The number of nitrogens with one attached hydrogen (secondary N) is 2. The average molecular weight is 361 g/mol. The van der Waals surface area contributed by atoms with E-state index in [1.54, 1.807) is 0 Å². The van der Waals surface area contributed by atoms with Gasteiger partial charge < -0.3 is 19.5 Å². The summed E-state index contributed by atoms with van der Waals surface area (Å²) in [6.07, 6.45) is 0.699. The molecule has 9 nitrogen and oxygen atoms in total. The van der Waals surface area contributed by atoms with E-state index in [4.69, 9.17) is 8.83 Å². The van der Waals surface area contributed by atoms with Gasteiger partial charge in [0, 0.05) is 19.5 Å². The maximum absolute atomic E-state index is 12.3. The highest BCUT2D eigenvalue weighted by molar-refractivity contribution is 5.88. The van der Waals surface area contributed by atoms with Gasteiger partial charge in [-0.2, -0.15) is 0 Å². The Morgan fingerprint density at radius 2 is 2.15 bits per heavy atom. The van der Waals surface area contributed by atoms with Crippen LogP contribution in [0.5, 0.6) is 0 Å². The molecule has 1 atom stereocenters. The quantitative estimate of drug-likeness (QED) is 0.740. The zero-order valence-corrected chi connectivity index (χ0v) is 14.9. The molecule has 9 heteroatoms. The van der Waals surface area contributed by atoms with Crippen LogP contribution in [0, 0.1) is 6.92 Å². The van der Waals surface area contributed by atoms with Crippen LogP contribution in [0.15, 0.2) is 21.0 Å². The highest BCUT2D eigenvalue weighted by Crippen LogP contribution is 2.16. The first kappa shape index (κ1) is 18.1. The monoisotopic (exact) mass is 361 g/mol. The normalized spacial score (nSPS) is 17.9. The highest BCUT2D eigenvalue weighted by atomic mass is 16.4. The van der Waals surface area contributed by atoms with Crippen LogP contribution in [0.3, 0.4) is 0 Å². The molecule has 140 valence electrons. The summed E-state index contributed by atoms with van der Waals surface area (Å²) >= 11 is 0. The maximum atomic E-state index is 12.3. The van der Waals surface area contributed by atoms with E-state index in [2.05, 4.69) is 20.8 Å². The van der Waals surface area contributed by atoms with Crippen molar-refractivity contribution in [1.82, 2.24) is 25.7 Å². The van der Waals surface area contributed by atoms with Crippen molar-refractivity contribution >= 4 is 11.8 Å². The van der Waals surface area contributed by atoms with Crippen molar-refractivity contribution in [3.05, 3.63) is 35.4 Å². The van der Waals surface area contributed by atoms with Crippen molar-refractivity contribution < 1.29 is 18.4 Å². The Morgan fingerprint density at radius 1 is 1.35 bits per heavy atom. The molecule has 1 saturated heterocycles. The topological polar surface area (TPSA) is 114 Å². The molecule has 2 aromatic heterocycles. The minimum absolute atomic E-state index is 0.0558. The lowest BCUT2D eigenvalue weighted by atomic mass is 10.1. The Hall–Kier alpha value is -2.68. The second-order valence-corrected chi connectivity index (χ2v) is 6.21. The SMILES string of the molecule is CCc1nnc(CNC(=O)C[C@H]2C(=O)NCCN2Cc2ccc(C)o2)o1. The molecule has 1 fully saturated rings. The number of hydrogen-bond acceptors (Lipinski definition) is 7. The van der Waals surface area contributed by atoms with Crippen molar-refractivity contribution in [3.8, 4) is 0 Å². The molecule has 3 rings (SSSR count). The molecule has 1 aliphatic rings.